The number of nitrogens with one attached hydrogen (secondary N) is 1. The van der Waals surface area contributed by atoms with Crippen LogP contribution in [0.1, 0.15) is 31.8 Å². The molecule has 0 unspecified atom stereocenters. The van der Waals surface area contributed by atoms with Crippen LogP contribution in [-0.2, 0) is 0 Å². The van der Waals surface area contributed by atoms with Crippen LogP contribution in [0.2, 0.25) is 0 Å². The molecule has 1 amide bonds. The maximum Gasteiger partial charge on any atom is 0.343 e. The van der Waals surface area contributed by atoms with E-state index in [-0.39, 0.29) is 5.91 Å². The summed E-state index contributed by atoms with van der Waals surface area (Å²) < 4.78 is 6.90. The van der Waals surface area contributed by atoms with Crippen molar-refractivity contribution in [3.8, 4) is 16.3 Å². The second kappa shape index (κ2) is 9.52. The second-order valence-electron chi connectivity index (χ2n) is 8.28. The number of aryl methyl sites for hydroxylation is 2. The van der Waals surface area contributed by atoms with E-state index < -0.39 is 5.97 Å². The van der Waals surface area contributed by atoms with Gasteiger partial charge in [-0.05, 0) is 62.4 Å². The molecule has 0 radical (unpaired) electrons. The van der Waals surface area contributed by atoms with Gasteiger partial charge in [0.05, 0.1) is 21.3 Å². The molecule has 35 heavy (non-hydrogen) atoms. The molecule has 0 aliphatic heterocycles. The van der Waals surface area contributed by atoms with Gasteiger partial charge in [0, 0.05) is 17.3 Å². The first-order chi connectivity index (χ1) is 17.0. The van der Waals surface area contributed by atoms with Gasteiger partial charge in [0.1, 0.15) is 10.8 Å². The van der Waals surface area contributed by atoms with Crippen LogP contribution in [0.4, 0.5) is 5.69 Å². The van der Waals surface area contributed by atoms with Crippen LogP contribution < -0.4 is 10.1 Å². The summed E-state index contributed by atoms with van der Waals surface area (Å²) >= 11 is 1.52. The number of anilines is 1. The fourth-order valence-electron chi connectivity index (χ4n) is 3.77. The predicted octanol–water partition coefficient (Wildman–Crippen LogP) is 7.05. The van der Waals surface area contributed by atoms with E-state index in [1.165, 1.54) is 11.3 Å². The molecule has 0 spiro atoms. The van der Waals surface area contributed by atoms with Gasteiger partial charge in [-0.15, -0.1) is 11.3 Å². The van der Waals surface area contributed by atoms with Crippen LogP contribution in [0.25, 0.3) is 20.8 Å². The number of ether oxygens (including phenoxy) is 1. The Labute approximate surface area is 207 Å². The lowest BCUT2D eigenvalue weighted by Gasteiger charge is -2.12. The molecule has 0 aliphatic carbocycles. The van der Waals surface area contributed by atoms with Crippen molar-refractivity contribution < 1.29 is 14.3 Å². The summed E-state index contributed by atoms with van der Waals surface area (Å²) in [4.78, 5) is 30.5. The summed E-state index contributed by atoms with van der Waals surface area (Å²) in [6, 6.07) is 27.7. The molecule has 0 fully saturated rings. The van der Waals surface area contributed by atoms with Gasteiger partial charge in [-0.1, -0.05) is 47.5 Å². The standard InChI is InChI=1S/C29H22N2O3S/c1-18-7-5-9-20(15-18)27(32)30-22-13-14-23(28-31-24-11-3-4-12-26(24)35-28)25(17-22)34-29(33)21-10-6-8-19(2)16-21/h3-17H,1-2H3,(H,30,32). The van der Waals surface area contributed by atoms with Gasteiger partial charge < -0.3 is 10.1 Å². The third-order valence-corrected chi connectivity index (χ3v) is 6.57. The monoisotopic (exact) mass is 478 g/mol. The maximum atomic E-state index is 13.0. The van der Waals surface area contributed by atoms with Crippen molar-refractivity contribution in [2.75, 3.05) is 5.32 Å². The van der Waals surface area contributed by atoms with E-state index in [9.17, 15) is 9.59 Å². The highest BCUT2D eigenvalue weighted by molar-refractivity contribution is 7.21. The van der Waals surface area contributed by atoms with Crippen LogP contribution >= 0.6 is 11.3 Å². The van der Waals surface area contributed by atoms with E-state index in [1.807, 2.05) is 74.5 Å². The maximum absolute atomic E-state index is 13.0. The Bertz CT molecular complexity index is 1540. The van der Waals surface area contributed by atoms with Gasteiger partial charge in [-0.2, -0.15) is 0 Å². The fraction of sp³-hybridized carbons (Fsp3) is 0.0690. The van der Waals surface area contributed by atoms with Crippen molar-refractivity contribution in [1.29, 1.82) is 0 Å². The van der Waals surface area contributed by atoms with E-state index in [1.54, 1.807) is 30.3 Å². The van der Waals surface area contributed by atoms with Crippen molar-refractivity contribution in [2.45, 2.75) is 13.8 Å². The topological polar surface area (TPSA) is 68.3 Å². The zero-order valence-corrected chi connectivity index (χ0v) is 20.1. The van der Waals surface area contributed by atoms with E-state index in [0.29, 0.717) is 28.1 Å². The Morgan fingerprint density at radius 1 is 0.800 bits per heavy atom. The summed E-state index contributed by atoms with van der Waals surface area (Å²) in [5.41, 5.74) is 5.05. The molecule has 0 saturated carbocycles. The molecule has 1 heterocycles. The number of carbonyl (C=O) groups excluding carboxylic acids is 2. The highest BCUT2D eigenvalue weighted by atomic mass is 32.1. The van der Waals surface area contributed by atoms with Gasteiger partial charge in [-0.3, -0.25) is 4.79 Å². The number of thiazole rings is 1. The molecule has 5 aromatic rings. The van der Waals surface area contributed by atoms with Crippen LogP contribution in [0, 0.1) is 13.8 Å². The first kappa shape index (κ1) is 22.5. The minimum atomic E-state index is -0.474. The Morgan fingerprint density at radius 2 is 1.51 bits per heavy atom. The molecule has 6 heteroatoms. The first-order valence-electron chi connectivity index (χ1n) is 11.1. The minimum absolute atomic E-state index is 0.239. The van der Waals surface area contributed by atoms with Gasteiger partial charge in [0.2, 0.25) is 0 Å². The zero-order chi connectivity index (χ0) is 24.4. The molecule has 0 aliphatic rings. The van der Waals surface area contributed by atoms with Crippen molar-refractivity contribution in [1.82, 2.24) is 4.98 Å². The lowest BCUT2D eigenvalue weighted by molar-refractivity contribution is 0.0735. The lowest BCUT2D eigenvalue weighted by Crippen LogP contribution is -2.13. The molecule has 0 atom stereocenters. The predicted molar refractivity (Wildman–Crippen MR) is 140 cm³/mol. The number of aromatic nitrogens is 1. The van der Waals surface area contributed by atoms with Crippen LogP contribution in [-0.4, -0.2) is 16.9 Å². The average Bonchev–Trinajstić information content (AvgIpc) is 3.28. The Hall–Kier alpha value is -4.29. The largest absolute Gasteiger partial charge is 0.422 e. The number of rotatable bonds is 5. The molecule has 5 nitrogen and oxygen atoms in total. The third kappa shape index (κ3) is 4.98. The summed E-state index contributed by atoms with van der Waals surface area (Å²) in [5.74, 6) is -0.381. The van der Waals surface area contributed by atoms with E-state index >= 15 is 0 Å². The number of benzene rings is 4. The summed E-state index contributed by atoms with van der Waals surface area (Å²) in [6.45, 7) is 3.86. The molecule has 0 bridgehead atoms. The highest BCUT2D eigenvalue weighted by Gasteiger charge is 2.18. The van der Waals surface area contributed by atoms with Crippen molar-refractivity contribution in [3.63, 3.8) is 0 Å². The molecule has 1 N–H and O–H groups in total. The van der Waals surface area contributed by atoms with Crippen molar-refractivity contribution in [2.24, 2.45) is 0 Å². The number of carbonyl (C=O) groups is 2. The second-order valence-corrected chi connectivity index (χ2v) is 9.31. The van der Waals surface area contributed by atoms with Crippen molar-refractivity contribution in [3.05, 3.63) is 113 Å². The smallest absolute Gasteiger partial charge is 0.343 e. The van der Waals surface area contributed by atoms with Crippen molar-refractivity contribution >= 4 is 39.1 Å². The minimum Gasteiger partial charge on any atom is -0.422 e. The number of fused-ring (bicyclic) bond motifs is 1. The van der Waals surface area contributed by atoms with Crippen LogP contribution in [0.5, 0.6) is 5.75 Å². The Balaban J connectivity index is 1.52. The summed E-state index contributed by atoms with van der Waals surface area (Å²) in [7, 11) is 0. The van der Waals surface area contributed by atoms with Gasteiger partial charge in [0.15, 0.2) is 0 Å². The summed E-state index contributed by atoms with van der Waals surface area (Å²) in [5, 5.41) is 3.64. The zero-order valence-electron chi connectivity index (χ0n) is 19.2. The molecular formula is C29H22N2O3S. The van der Waals surface area contributed by atoms with E-state index in [4.69, 9.17) is 9.72 Å². The SMILES string of the molecule is Cc1cccc(C(=O)Nc2ccc(-c3nc4ccccc4s3)c(OC(=O)c3cccc(C)c3)c2)c1. The molecule has 5 rings (SSSR count). The quantitative estimate of drug-likeness (QED) is 0.217. The highest BCUT2D eigenvalue weighted by Crippen LogP contribution is 2.37. The Morgan fingerprint density at radius 3 is 2.26 bits per heavy atom. The number of hydrogen-bond acceptors (Lipinski definition) is 5. The number of nitrogens with zero attached hydrogens (tertiary/aromatic N) is 1. The molecule has 1 aromatic heterocycles. The van der Waals surface area contributed by atoms with Crippen LogP contribution in [0.15, 0.2) is 91.0 Å². The number of hydrogen-bond donors (Lipinski definition) is 1. The number of para-hydroxylation sites is 1. The summed E-state index contributed by atoms with van der Waals surface area (Å²) in [6.07, 6.45) is 0. The Kier molecular flexibility index (Phi) is 6.12. The van der Waals surface area contributed by atoms with E-state index in [0.717, 1.165) is 26.4 Å². The molecule has 4 aromatic carbocycles. The molecular weight excluding hydrogens is 456 g/mol. The van der Waals surface area contributed by atoms with Gasteiger partial charge in [-0.25, -0.2) is 9.78 Å². The normalized spacial score (nSPS) is 10.8. The molecule has 172 valence electrons. The fourth-order valence-corrected chi connectivity index (χ4v) is 4.76. The number of amides is 1. The van der Waals surface area contributed by atoms with Gasteiger partial charge >= 0.3 is 5.97 Å². The van der Waals surface area contributed by atoms with Crippen LogP contribution in [0.3, 0.4) is 0 Å². The third-order valence-electron chi connectivity index (χ3n) is 5.50. The first-order valence-corrected chi connectivity index (χ1v) is 11.9. The average molecular weight is 479 g/mol. The molecule has 0 saturated heterocycles. The number of esters is 1. The van der Waals surface area contributed by atoms with E-state index in [2.05, 4.69) is 5.32 Å². The lowest BCUT2D eigenvalue weighted by atomic mass is 10.1. The van der Waals surface area contributed by atoms with Gasteiger partial charge in [0.25, 0.3) is 5.91 Å².